The second-order valence-electron chi connectivity index (χ2n) is 7.83. The Kier molecular flexibility index (Phi) is 6.26. The second kappa shape index (κ2) is 9.25. The summed E-state index contributed by atoms with van der Waals surface area (Å²) < 4.78 is 11.3. The van der Waals surface area contributed by atoms with Gasteiger partial charge in [0.05, 0.1) is 11.6 Å². The lowest BCUT2D eigenvalue weighted by molar-refractivity contribution is -0.129. The van der Waals surface area contributed by atoms with Gasteiger partial charge in [0, 0.05) is 13.0 Å². The summed E-state index contributed by atoms with van der Waals surface area (Å²) in [4.78, 5) is 27.7. The minimum atomic E-state index is -0.627. The molecule has 0 bridgehead atoms. The maximum Gasteiger partial charge on any atom is 0.290 e. The third-order valence-corrected chi connectivity index (χ3v) is 5.72. The first kappa shape index (κ1) is 21.0. The average Bonchev–Trinajstić information content (AvgIpc) is 3.06. The molecule has 1 atom stereocenters. The van der Waals surface area contributed by atoms with Gasteiger partial charge in [-0.05, 0) is 36.1 Å². The number of amides is 1. The van der Waals surface area contributed by atoms with Gasteiger partial charge in [-0.2, -0.15) is 0 Å². The van der Waals surface area contributed by atoms with Crippen molar-refractivity contribution in [3.05, 3.63) is 71.0 Å². The van der Waals surface area contributed by atoms with Crippen molar-refractivity contribution in [3.8, 4) is 11.5 Å². The Morgan fingerprint density at radius 3 is 2.58 bits per heavy atom. The zero-order chi connectivity index (χ0) is 21.8. The molecule has 0 saturated carbocycles. The van der Waals surface area contributed by atoms with Crippen molar-refractivity contribution >= 4 is 11.7 Å². The summed E-state index contributed by atoms with van der Waals surface area (Å²) >= 11 is 0. The molecule has 0 fully saturated rings. The molecule has 1 N–H and O–H groups in total. The van der Waals surface area contributed by atoms with Crippen LogP contribution in [0.2, 0.25) is 0 Å². The molecule has 1 amide bonds. The highest BCUT2D eigenvalue weighted by molar-refractivity contribution is 6.09. The summed E-state index contributed by atoms with van der Waals surface area (Å²) in [7, 11) is 0. The molecule has 0 aromatic heterocycles. The molecular formula is C25H27NO5. The fourth-order valence-corrected chi connectivity index (χ4v) is 4.11. The second-order valence-corrected chi connectivity index (χ2v) is 7.83. The molecule has 0 saturated heterocycles. The number of aryl methyl sites for hydroxylation is 1. The number of carbonyl (C=O) groups excluding carboxylic acids is 2. The van der Waals surface area contributed by atoms with Gasteiger partial charge in [0.1, 0.15) is 13.2 Å². The summed E-state index contributed by atoms with van der Waals surface area (Å²) in [5.74, 6) is 0.0951. The first-order valence-electron chi connectivity index (χ1n) is 10.8. The number of ether oxygens (including phenoxy) is 2. The van der Waals surface area contributed by atoms with Crippen LogP contribution >= 0.6 is 0 Å². The molecule has 6 heteroatoms. The molecule has 0 aliphatic carbocycles. The van der Waals surface area contributed by atoms with Crippen LogP contribution in [-0.2, 0) is 16.0 Å². The maximum atomic E-state index is 13.2. The zero-order valence-corrected chi connectivity index (χ0v) is 17.7. The Bertz CT molecular complexity index is 998. The summed E-state index contributed by atoms with van der Waals surface area (Å²) in [6, 6.07) is 14.5. The molecule has 6 nitrogen and oxygen atoms in total. The molecule has 1 unspecified atom stereocenters. The van der Waals surface area contributed by atoms with Gasteiger partial charge in [-0.3, -0.25) is 9.59 Å². The Balaban J connectivity index is 1.65. The number of carbonyl (C=O) groups is 2. The third-order valence-electron chi connectivity index (χ3n) is 5.72. The SMILES string of the molecule is CCCCN1C(=O)C(O)=C(C(=O)CCc2ccccc2)C1c1ccc2c(c1)OCCO2. The first-order chi connectivity index (χ1) is 15.1. The van der Waals surface area contributed by atoms with Gasteiger partial charge >= 0.3 is 0 Å². The highest BCUT2D eigenvalue weighted by Crippen LogP contribution is 2.42. The molecule has 0 radical (unpaired) electrons. The number of fused-ring (bicyclic) bond motifs is 1. The van der Waals surface area contributed by atoms with E-state index in [2.05, 4.69) is 0 Å². The van der Waals surface area contributed by atoms with E-state index in [1.165, 1.54) is 0 Å². The minimum Gasteiger partial charge on any atom is -0.503 e. The monoisotopic (exact) mass is 421 g/mol. The average molecular weight is 421 g/mol. The first-order valence-corrected chi connectivity index (χ1v) is 10.8. The Morgan fingerprint density at radius 1 is 1.10 bits per heavy atom. The molecule has 2 aliphatic rings. The normalized spacial score (nSPS) is 17.9. The predicted molar refractivity (Wildman–Crippen MR) is 116 cm³/mol. The van der Waals surface area contributed by atoms with Crippen molar-refractivity contribution in [2.24, 2.45) is 0 Å². The highest BCUT2D eigenvalue weighted by atomic mass is 16.6. The highest BCUT2D eigenvalue weighted by Gasteiger charge is 2.43. The minimum absolute atomic E-state index is 0.175. The summed E-state index contributed by atoms with van der Waals surface area (Å²) in [5.41, 5.74) is 1.95. The molecule has 31 heavy (non-hydrogen) atoms. The number of unbranched alkanes of at least 4 members (excludes halogenated alkanes) is 1. The van der Waals surface area contributed by atoms with Gasteiger partial charge < -0.3 is 19.5 Å². The van der Waals surface area contributed by atoms with E-state index in [4.69, 9.17) is 9.47 Å². The van der Waals surface area contributed by atoms with Gasteiger partial charge in [0.15, 0.2) is 23.0 Å². The number of aliphatic hydroxyl groups is 1. The van der Waals surface area contributed by atoms with E-state index >= 15 is 0 Å². The van der Waals surface area contributed by atoms with E-state index in [0.717, 1.165) is 24.0 Å². The number of aliphatic hydroxyl groups excluding tert-OH is 1. The van der Waals surface area contributed by atoms with Crippen LogP contribution in [0.25, 0.3) is 0 Å². The van der Waals surface area contributed by atoms with Crippen LogP contribution in [0, 0.1) is 0 Å². The van der Waals surface area contributed by atoms with Crippen molar-refractivity contribution in [3.63, 3.8) is 0 Å². The van der Waals surface area contributed by atoms with Gasteiger partial charge in [0.2, 0.25) is 0 Å². The van der Waals surface area contributed by atoms with Crippen molar-refractivity contribution in [2.45, 2.75) is 38.6 Å². The number of Topliss-reactive ketones (excluding diaryl/α,β-unsaturated/α-hetero) is 1. The smallest absolute Gasteiger partial charge is 0.290 e. The fraction of sp³-hybridized carbons (Fsp3) is 0.360. The summed E-state index contributed by atoms with van der Waals surface area (Å²) in [6.07, 6.45) is 2.45. The van der Waals surface area contributed by atoms with Crippen LogP contribution in [0.1, 0.15) is 43.4 Å². The Morgan fingerprint density at radius 2 is 1.84 bits per heavy atom. The fourth-order valence-electron chi connectivity index (χ4n) is 4.11. The molecule has 2 heterocycles. The number of ketones is 1. The van der Waals surface area contributed by atoms with Gasteiger partial charge in [-0.15, -0.1) is 0 Å². The largest absolute Gasteiger partial charge is 0.503 e. The number of benzene rings is 2. The Hall–Kier alpha value is -3.28. The lowest BCUT2D eigenvalue weighted by atomic mass is 9.93. The molecule has 2 aromatic carbocycles. The zero-order valence-electron chi connectivity index (χ0n) is 17.7. The molecule has 2 aliphatic heterocycles. The van der Waals surface area contributed by atoms with E-state index in [1.807, 2.05) is 49.4 Å². The standard InChI is InChI=1S/C25H27NO5/c1-2-3-13-26-23(18-10-12-20-21(16-18)31-15-14-30-20)22(24(28)25(26)29)19(27)11-9-17-7-5-4-6-8-17/h4-8,10,12,16,23,28H,2-3,9,11,13-15H2,1H3. The van der Waals surface area contributed by atoms with Crippen LogP contribution in [0.5, 0.6) is 11.5 Å². The van der Waals surface area contributed by atoms with Crippen LogP contribution in [-0.4, -0.2) is 41.5 Å². The van der Waals surface area contributed by atoms with Crippen molar-refractivity contribution in [1.29, 1.82) is 0 Å². The molecule has 4 rings (SSSR count). The van der Waals surface area contributed by atoms with Crippen molar-refractivity contribution < 1.29 is 24.2 Å². The van der Waals surface area contributed by atoms with E-state index in [9.17, 15) is 14.7 Å². The molecule has 2 aromatic rings. The van der Waals surface area contributed by atoms with E-state index in [0.29, 0.717) is 37.7 Å². The van der Waals surface area contributed by atoms with Gasteiger partial charge in [-0.1, -0.05) is 49.7 Å². The lowest BCUT2D eigenvalue weighted by Gasteiger charge is -2.28. The quantitative estimate of drug-likeness (QED) is 0.693. The number of nitrogens with zero attached hydrogens (tertiary/aromatic N) is 1. The van der Waals surface area contributed by atoms with E-state index < -0.39 is 17.7 Å². The Labute approximate surface area is 182 Å². The number of hydrogen-bond acceptors (Lipinski definition) is 5. The maximum absolute atomic E-state index is 13.2. The van der Waals surface area contributed by atoms with E-state index in [1.54, 1.807) is 11.0 Å². The molecular weight excluding hydrogens is 394 g/mol. The van der Waals surface area contributed by atoms with Crippen LogP contribution < -0.4 is 9.47 Å². The topological polar surface area (TPSA) is 76.1 Å². The van der Waals surface area contributed by atoms with Crippen LogP contribution in [0.15, 0.2) is 59.9 Å². The molecule has 162 valence electrons. The van der Waals surface area contributed by atoms with Crippen LogP contribution in [0.3, 0.4) is 0 Å². The third kappa shape index (κ3) is 4.29. The summed E-state index contributed by atoms with van der Waals surface area (Å²) in [6.45, 7) is 3.44. The molecule has 0 spiro atoms. The van der Waals surface area contributed by atoms with Crippen LogP contribution in [0.4, 0.5) is 0 Å². The van der Waals surface area contributed by atoms with Crippen molar-refractivity contribution in [2.75, 3.05) is 19.8 Å². The predicted octanol–water partition coefficient (Wildman–Crippen LogP) is 4.16. The van der Waals surface area contributed by atoms with E-state index in [-0.39, 0.29) is 17.8 Å². The van der Waals surface area contributed by atoms with Gasteiger partial charge in [-0.25, -0.2) is 0 Å². The number of rotatable bonds is 8. The van der Waals surface area contributed by atoms with Gasteiger partial charge in [0.25, 0.3) is 5.91 Å². The number of hydrogen-bond donors (Lipinski definition) is 1. The summed E-state index contributed by atoms with van der Waals surface area (Å²) in [5, 5.41) is 10.7. The lowest BCUT2D eigenvalue weighted by Crippen LogP contribution is -2.32. The van der Waals surface area contributed by atoms with Crippen molar-refractivity contribution in [1.82, 2.24) is 4.90 Å².